The van der Waals surface area contributed by atoms with Crippen LogP contribution in [-0.2, 0) is 12.4 Å². The van der Waals surface area contributed by atoms with Crippen LogP contribution in [0.3, 0.4) is 0 Å². The van der Waals surface area contributed by atoms with Crippen LogP contribution in [0.15, 0.2) is 12.1 Å². The molecule has 0 aromatic carbocycles. The van der Waals surface area contributed by atoms with Gasteiger partial charge in [-0.2, -0.15) is 36.5 Å². The minimum atomic E-state index is -4.34. The monoisotopic (exact) mass is 384 g/mol. The minimum absolute atomic E-state index is 0.0453. The van der Waals surface area contributed by atoms with E-state index in [1.807, 2.05) is 0 Å². The molecule has 2 aromatic rings. The zero-order chi connectivity index (χ0) is 20.4. The van der Waals surface area contributed by atoms with Crippen molar-refractivity contribution in [3.05, 3.63) is 34.9 Å². The zero-order valence-electron chi connectivity index (χ0n) is 15.4. The predicted octanol–water partition coefficient (Wildman–Crippen LogP) is 5.58. The van der Waals surface area contributed by atoms with Gasteiger partial charge in [0.2, 0.25) is 0 Å². The van der Waals surface area contributed by atoms with Crippen LogP contribution >= 0.6 is 0 Å². The van der Waals surface area contributed by atoms with Gasteiger partial charge >= 0.3 is 12.4 Å². The average molecular weight is 384 g/mol. The largest absolute Gasteiger partial charge is 0.435 e. The third kappa shape index (κ3) is 5.50. The standard InChI is InChI=1S/2C8H11F3N2/c1-5(2)13-6(3)4-7(12-13)8(9,10)11;1-5(2)13-7(8(9,10)11)4-6(3)12-13/h2*4-5H,1-3H3. The molecule has 26 heavy (non-hydrogen) atoms. The lowest BCUT2D eigenvalue weighted by Crippen LogP contribution is -2.16. The SMILES string of the molecule is Cc1cc(C(F)(F)F)n(C(C)C)n1.Cc1cc(C(F)(F)F)nn1C(C)C. The number of aromatic nitrogens is 4. The van der Waals surface area contributed by atoms with Gasteiger partial charge in [-0.3, -0.25) is 9.36 Å². The third-order valence-electron chi connectivity index (χ3n) is 3.34. The molecule has 0 bridgehead atoms. The lowest BCUT2D eigenvalue weighted by atomic mass is 10.3. The highest BCUT2D eigenvalue weighted by atomic mass is 19.4. The van der Waals surface area contributed by atoms with Crippen molar-refractivity contribution in [1.82, 2.24) is 19.6 Å². The number of aryl methyl sites for hydroxylation is 2. The van der Waals surface area contributed by atoms with Gasteiger partial charge in [0.1, 0.15) is 5.69 Å². The summed E-state index contributed by atoms with van der Waals surface area (Å²) in [5.41, 5.74) is -0.581. The van der Waals surface area contributed by atoms with E-state index in [1.165, 1.54) is 4.68 Å². The average Bonchev–Trinajstić information content (AvgIpc) is 3.01. The molecule has 0 saturated heterocycles. The summed E-state index contributed by atoms with van der Waals surface area (Å²) >= 11 is 0. The van der Waals surface area contributed by atoms with Crippen LogP contribution in [0.4, 0.5) is 26.3 Å². The molecule has 2 heterocycles. The van der Waals surface area contributed by atoms with Crippen LogP contribution in [0, 0.1) is 13.8 Å². The maximum Gasteiger partial charge on any atom is 0.435 e. The molecule has 0 radical (unpaired) electrons. The summed E-state index contributed by atoms with van der Waals surface area (Å²) in [6.45, 7) is 10.1. The molecule has 0 N–H and O–H groups in total. The number of halogens is 6. The number of nitrogens with zero attached hydrogens (tertiary/aromatic N) is 4. The van der Waals surface area contributed by atoms with Crippen molar-refractivity contribution >= 4 is 0 Å². The Bertz CT molecular complexity index is 722. The van der Waals surface area contributed by atoms with Crippen molar-refractivity contribution < 1.29 is 26.3 Å². The second-order valence-corrected chi connectivity index (χ2v) is 6.41. The van der Waals surface area contributed by atoms with E-state index in [0.29, 0.717) is 11.4 Å². The Morgan fingerprint density at radius 3 is 1.54 bits per heavy atom. The Morgan fingerprint density at radius 1 is 0.769 bits per heavy atom. The lowest BCUT2D eigenvalue weighted by molar-refractivity contribution is -0.144. The highest BCUT2D eigenvalue weighted by Gasteiger charge is 2.36. The molecule has 148 valence electrons. The first kappa shape index (κ1) is 22.0. The van der Waals surface area contributed by atoms with Gasteiger partial charge in [-0.05, 0) is 53.7 Å². The summed E-state index contributed by atoms with van der Waals surface area (Å²) in [5.74, 6) is 0. The molecule has 0 atom stereocenters. The molecular formula is C16H22F6N4. The van der Waals surface area contributed by atoms with Gasteiger partial charge in [0.15, 0.2) is 5.69 Å². The minimum Gasteiger partial charge on any atom is -0.267 e. The van der Waals surface area contributed by atoms with Crippen molar-refractivity contribution in [2.45, 2.75) is 66.0 Å². The number of hydrogen-bond donors (Lipinski definition) is 0. The molecule has 0 spiro atoms. The second kappa shape index (κ2) is 7.71. The maximum atomic E-state index is 12.4. The Balaban J connectivity index is 0.000000260. The molecule has 0 aliphatic carbocycles. The van der Waals surface area contributed by atoms with Gasteiger partial charge in [0, 0.05) is 17.8 Å². The molecule has 0 fully saturated rings. The van der Waals surface area contributed by atoms with E-state index in [9.17, 15) is 26.3 Å². The second-order valence-electron chi connectivity index (χ2n) is 6.41. The van der Waals surface area contributed by atoms with Gasteiger partial charge in [-0.1, -0.05) is 0 Å². The van der Waals surface area contributed by atoms with E-state index in [1.54, 1.807) is 41.5 Å². The van der Waals surface area contributed by atoms with Crippen molar-refractivity contribution in [1.29, 1.82) is 0 Å². The van der Waals surface area contributed by atoms with Crippen LogP contribution < -0.4 is 0 Å². The van der Waals surface area contributed by atoms with Crippen molar-refractivity contribution in [2.24, 2.45) is 0 Å². The lowest BCUT2D eigenvalue weighted by Gasteiger charge is -2.12. The summed E-state index contributed by atoms with van der Waals surface area (Å²) in [4.78, 5) is 0. The smallest absolute Gasteiger partial charge is 0.267 e. The van der Waals surface area contributed by atoms with Crippen LogP contribution in [0.1, 0.15) is 62.6 Å². The summed E-state index contributed by atoms with van der Waals surface area (Å²) < 4.78 is 75.9. The first-order valence-electron chi connectivity index (χ1n) is 7.91. The molecular weight excluding hydrogens is 362 g/mol. The zero-order valence-corrected chi connectivity index (χ0v) is 15.4. The number of alkyl halides is 6. The van der Waals surface area contributed by atoms with Gasteiger partial charge in [-0.25, -0.2) is 0 Å². The number of rotatable bonds is 2. The quantitative estimate of drug-likeness (QED) is 0.634. The summed E-state index contributed by atoms with van der Waals surface area (Å²) in [6.07, 6.45) is -8.66. The van der Waals surface area contributed by atoms with E-state index in [2.05, 4.69) is 10.2 Å². The molecule has 0 unspecified atom stereocenters. The fourth-order valence-corrected chi connectivity index (χ4v) is 2.27. The van der Waals surface area contributed by atoms with Crippen LogP contribution in [0.25, 0.3) is 0 Å². The normalized spacial score (nSPS) is 12.5. The van der Waals surface area contributed by atoms with Crippen LogP contribution in [-0.4, -0.2) is 19.6 Å². The first-order chi connectivity index (χ1) is 11.6. The summed E-state index contributed by atoms with van der Waals surface area (Å²) in [5, 5.41) is 7.25. The topological polar surface area (TPSA) is 35.6 Å². The van der Waals surface area contributed by atoms with E-state index >= 15 is 0 Å². The fourth-order valence-electron chi connectivity index (χ4n) is 2.27. The van der Waals surface area contributed by atoms with Crippen molar-refractivity contribution in [3.63, 3.8) is 0 Å². The van der Waals surface area contributed by atoms with Crippen molar-refractivity contribution in [3.8, 4) is 0 Å². The first-order valence-corrected chi connectivity index (χ1v) is 7.91. The summed E-state index contributed by atoms with van der Waals surface area (Å²) in [6, 6.07) is 1.79. The predicted molar refractivity (Wildman–Crippen MR) is 84.7 cm³/mol. The van der Waals surface area contributed by atoms with Gasteiger partial charge in [-0.15, -0.1) is 0 Å². The third-order valence-corrected chi connectivity index (χ3v) is 3.34. The van der Waals surface area contributed by atoms with Crippen LogP contribution in [0.2, 0.25) is 0 Å². The number of hydrogen-bond acceptors (Lipinski definition) is 2. The molecule has 2 rings (SSSR count). The maximum absolute atomic E-state index is 12.4. The molecule has 0 saturated carbocycles. The molecule has 0 amide bonds. The molecule has 0 aliphatic rings. The summed E-state index contributed by atoms with van der Waals surface area (Å²) in [7, 11) is 0. The molecule has 0 aliphatic heterocycles. The Hall–Kier alpha value is -2.00. The van der Waals surface area contributed by atoms with E-state index in [-0.39, 0.29) is 12.1 Å². The van der Waals surface area contributed by atoms with Crippen molar-refractivity contribution in [2.75, 3.05) is 0 Å². The Kier molecular flexibility index (Phi) is 6.54. The Morgan fingerprint density at radius 2 is 1.27 bits per heavy atom. The van der Waals surface area contributed by atoms with Gasteiger partial charge in [0.05, 0.1) is 5.69 Å². The van der Waals surface area contributed by atoms with Gasteiger partial charge in [0.25, 0.3) is 0 Å². The highest BCUT2D eigenvalue weighted by molar-refractivity contribution is 5.13. The Labute approximate surface area is 147 Å². The van der Waals surface area contributed by atoms with E-state index in [0.717, 1.165) is 16.8 Å². The van der Waals surface area contributed by atoms with Gasteiger partial charge < -0.3 is 0 Å². The highest BCUT2D eigenvalue weighted by Crippen LogP contribution is 2.31. The van der Waals surface area contributed by atoms with E-state index < -0.39 is 23.7 Å². The molecule has 2 aromatic heterocycles. The van der Waals surface area contributed by atoms with Crippen LogP contribution in [0.5, 0.6) is 0 Å². The van der Waals surface area contributed by atoms with E-state index in [4.69, 9.17) is 0 Å². The molecule has 10 heteroatoms. The molecule has 4 nitrogen and oxygen atoms in total. The fraction of sp³-hybridized carbons (Fsp3) is 0.625.